The van der Waals surface area contributed by atoms with Crippen molar-refractivity contribution in [2.24, 2.45) is 5.41 Å². The van der Waals surface area contributed by atoms with Crippen molar-refractivity contribution in [3.63, 3.8) is 0 Å². The van der Waals surface area contributed by atoms with E-state index >= 15 is 0 Å². The number of rotatable bonds is 3. The van der Waals surface area contributed by atoms with Crippen molar-refractivity contribution in [2.75, 3.05) is 24.5 Å². The molecule has 0 unspecified atom stereocenters. The van der Waals surface area contributed by atoms with Crippen molar-refractivity contribution >= 4 is 23.2 Å². The second-order valence-electron chi connectivity index (χ2n) is 10.1. The van der Waals surface area contributed by atoms with Crippen LogP contribution < -0.4 is 10.2 Å². The number of hydrogen-bond donors (Lipinski definition) is 1. The first-order valence-electron chi connectivity index (χ1n) is 11.2. The number of benzene rings is 1. The minimum Gasteiger partial charge on any atom is -0.355 e. The Bertz CT molecular complexity index is 1280. The summed E-state index contributed by atoms with van der Waals surface area (Å²) in [6.45, 7) is 6.40. The predicted molar refractivity (Wildman–Crippen MR) is 119 cm³/mol. The van der Waals surface area contributed by atoms with E-state index < -0.39 is 5.41 Å². The van der Waals surface area contributed by atoms with Crippen molar-refractivity contribution in [1.82, 2.24) is 24.9 Å². The van der Waals surface area contributed by atoms with Crippen LogP contribution in [-0.4, -0.2) is 50.9 Å². The number of Topliss-reactive ketones (excluding diaryl/α,β-unsaturated/α-hetero) is 1. The molecule has 1 N–H and O–H groups in total. The van der Waals surface area contributed by atoms with E-state index in [-0.39, 0.29) is 17.1 Å². The number of nitrogens with one attached hydrogen (secondary N) is 1. The highest BCUT2D eigenvalue weighted by atomic mass is 16.2. The molecule has 8 nitrogen and oxygen atoms in total. The summed E-state index contributed by atoms with van der Waals surface area (Å²) >= 11 is 0. The largest absolute Gasteiger partial charge is 0.355 e. The summed E-state index contributed by atoms with van der Waals surface area (Å²) in [5.74, 6) is 1.97. The van der Waals surface area contributed by atoms with E-state index in [1.54, 1.807) is 10.7 Å². The van der Waals surface area contributed by atoms with Gasteiger partial charge in [-0.15, -0.1) is 0 Å². The Kier molecular flexibility index (Phi) is 4.00. The predicted octanol–water partition coefficient (Wildman–Crippen LogP) is 1.83. The molecule has 6 rings (SSSR count). The average Bonchev–Trinajstić information content (AvgIpc) is 3.49. The maximum absolute atomic E-state index is 12.4. The fourth-order valence-electron chi connectivity index (χ4n) is 5.54. The maximum atomic E-state index is 12.4. The summed E-state index contributed by atoms with van der Waals surface area (Å²) in [5, 5.41) is 7.66. The van der Waals surface area contributed by atoms with Gasteiger partial charge in [-0.1, -0.05) is 18.2 Å². The highest BCUT2D eigenvalue weighted by Gasteiger charge is 2.44. The molecule has 1 atom stereocenters. The Morgan fingerprint density at radius 1 is 1.22 bits per heavy atom. The van der Waals surface area contributed by atoms with Gasteiger partial charge >= 0.3 is 0 Å². The van der Waals surface area contributed by atoms with Crippen LogP contribution in [-0.2, 0) is 27.8 Å². The van der Waals surface area contributed by atoms with Crippen molar-refractivity contribution < 1.29 is 9.59 Å². The van der Waals surface area contributed by atoms with Gasteiger partial charge in [0, 0.05) is 62.1 Å². The van der Waals surface area contributed by atoms with Crippen LogP contribution in [0.5, 0.6) is 0 Å². The van der Waals surface area contributed by atoms with Gasteiger partial charge < -0.3 is 10.2 Å². The highest BCUT2D eigenvalue weighted by molar-refractivity contribution is 5.95. The molecule has 1 aliphatic carbocycles. The quantitative estimate of drug-likeness (QED) is 0.682. The first kappa shape index (κ1) is 19.4. The van der Waals surface area contributed by atoms with Crippen LogP contribution in [0.25, 0.3) is 5.65 Å². The minimum absolute atomic E-state index is 0.00404. The van der Waals surface area contributed by atoms with Gasteiger partial charge in [-0.2, -0.15) is 5.10 Å². The third-order valence-corrected chi connectivity index (χ3v) is 7.47. The average molecular weight is 431 g/mol. The van der Waals surface area contributed by atoms with E-state index in [0.29, 0.717) is 19.3 Å². The molecule has 164 valence electrons. The zero-order valence-electron chi connectivity index (χ0n) is 18.4. The lowest BCUT2D eigenvalue weighted by Crippen LogP contribution is -2.29. The topological polar surface area (TPSA) is 92.5 Å². The number of carbonyl (C=O) groups is 2. The van der Waals surface area contributed by atoms with Gasteiger partial charge in [-0.05, 0) is 37.0 Å². The van der Waals surface area contributed by atoms with E-state index in [4.69, 9.17) is 4.98 Å². The molecule has 2 aromatic heterocycles. The molecule has 32 heavy (non-hydrogen) atoms. The third-order valence-electron chi connectivity index (χ3n) is 7.47. The molecule has 1 amide bonds. The number of hydrogen-bond acceptors (Lipinski definition) is 6. The molecule has 0 bridgehead atoms. The summed E-state index contributed by atoms with van der Waals surface area (Å²) in [5.41, 5.74) is 3.70. The van der Waals surface area contributed by atoms with Gasteiger partial charge in [-0.25, -0.2) is 14.5 Å². The number of ketones is 1. The first-order chi connectivity index (χ1) is 15.3. The van der Waals surface area contributed by atoms with Crippen LogP contribution in [0.4, 0.5) is 5.82 Å². The molecule has 4 heterocycles. The Balaban J connectivity index is 1.27. The summed E-state index contributed by atoms with van der Waals surface area (Å²) in [6.07, 6.45) is 6.24. The molecule has 3 aromatic rings. The van der Waals surface area contributed by atoms with Crippen molar-refractivity contribution in [3.8, 4) is 0 Å². The van der Waals surface area contributed by atoms with E-state index in [1.807, 2.05) is 20.0 Å². The molecular formula is C24H26N6O2. The van der Waals surface area contributed by atoms with Crippen LogP contribution in [0.3, 0.4) is 0 Å². The number of amides is 1. The van der Waals surface area contributed by atoms with E-state index in [0.717, 1.165) is 60.0 Å². The molecule has 1 aromatic carbocycles. The van der Waals surface area contributed by atoms with Crippen LogP contribution in [0.1, 0.15) is 49.2 Å². The summed E-state index contributed by atoms with van der Waals surface area (Å²) in [4.78, 5) is 35.8. The Morgan fingerprint density at radius 3 is 2.91 bits per heavy atom. The molecule has 2 saturated heterocycles. The Morgan fingerprint density at radius 2 is 2.09 bits per heavy atom. The zero-order chi connectivity index (χ0) is 22.1. The minimum atomic E-state index is -0.400. The van der Waals surface area contributed by atoms with E-state index in [9.17, 15) is 9.59 Å². The lowest BCUT2D eigenvalue weighted by molar-refractivity contribution is -0.122. The van der Waals surface area contributed by atoms with Gasteiger partial charge in [-0.3, -0.25) is 9.59 Å². The molecule has 1 spiro atoms. The number of aromatic nitrogens is 4. The van der Waals surface area contributed by atoms with Crippen LogP contribution in [0.15, 0.2) is 30.6 Å². The van der Waals surface area contributed by atoms with Gasteiger partial charge in [0.15, 0.2) is 17.3 Å². The molecular weight excluding hydrogens is 404 g/mol. The van der Waals surface area contributed by atoms with Crippen LogP contribution in [0, 0.1) is 5.41 Å². The highest BCUT2D eigenvalue weighted by Crippen LogP contribution is 2.39. The Labute approximate surface area is 186 Å². The summed E-state index contributed by atoms with van der Waals surface area (Å²) < 4.78 is 1.79. The van der Waals surface area contributed by atoms with Crippen molar-refractivity contribution in [3.05, 3.63) is 53.1 Å². The molecule has 0 radical (unpaired) electrons. The van der Waals surface area contributed by atoms with Gasteiger partial charge in [0.1, 0.15) is 5.78 Å². The van der Waals surface area contributed by atoms with Gasteiger partial charge in [0.05, 0.1) is 0 Å². The molecule has 2 aliphatic heterocycles. The fourth-order valence-corrected chi connectivity index (χ4v) is 5.54. The standard InChI is InChI=1S/C24H26N6O2/c1-23(2)17-4-3-15(9-16(17)11-18(23)31)10-19-27-22-21(25-6-8-30(22)28-19)29-7-5-24(14-29)12-20(32)26-13-24/h3-4,6,8-9H,5,7,10-14H2,1-2H3,(H,26,32)/t24-/m0/s1. The zero-order valence-corrected chi connectivity index (χ0v) is 18.4. The Hall–Kier alpha value is -3.29. The smallest absolute Gasteiger partial charge is 0.220 e. The summed E-state index contributed by atoms with van der Waals surface area (Å²) in [6, 6.07) is 6.29. The second-order valence-corrected chi connectivity index (χ2v) is 10.1. The fraction of sp³-hybridized carbons (Fsp3) is 0.458. The molecule has 3 aliphatic rings. The van der Waals surface area contributed by atoms with Gasteiger partial charge in [0.2, 0.25) is 5.91 Å². The lowest BCUT2D eigenvalue weighted by Gasteiger charge is -2.22. The number of fused-ring (bicyclic) bond motifs is 2. The molecule has 8 heteroatoms. The monoisotopic (exact) mass is 430 g/mol. The van der Waals surface area contributed by atoms with Crippen LogP contribution in [0.2, 0.25) is 0 Å². The maximum Gasteiger partial charge on any atom is 0.220 e. The van der Waals surface area contributed by atoms with E-state index in [2.05, 4.69) is 38.5 Å². The second kappa shape index (κ2) is 6.60. The normalized spacial score (nSPS) is 24.0. The number of anilines is 1. The first-order valence-corrected chi connectivity index (χ1v) is 11.2. The lowest BCUT2D eigenvalue weighted by atomic mass is 9.85. The third kappa shape index (κ3) is 2.92. The molecule has 2 fully saturated rings. The SMILES string of the molecule is CC1(C)C(=O)Cc2cc(Cc3nc4c(N5CC[C@]6(CNC(=O)C6)C5)nccn4n3)ccc21. The van der Waals surface area contributed by atoms with Crippen LogP contribution >= 0.6 is 0 Å². The van der Waals surface area contributed by atoms with Crippen molar-refractivity contribution in [2.45, 2.75) is 44.9 Å². The van der Waals surface area contributed by atoms with Gasteiger partial charge in [0.25, 0.3) is 0 Å². The van der Waals surface area contributed by atoms with E-state index in [1.165, 1.54) is 0 Å². The molecule has 0 saturated carbocycles. The van der Waals surface area contributed by atoms with Crippen molar-refractivity contribution in [1.29, 1.82) is 0 Å². The number of nitrogens with zero attached hydrogens (tertiary/aromatic N) is 5. The summed E-state index contributed by atoms with van der Waals surface area (Å²) in [7, 11) is 0. The number of carbonyl (C=O) groups excluding carboxylic acids is 2.